The first-order valence-electron chi connectivity index (χ1n) is 6.90. The van der Waals surface area contributed by atoms with Crippen molar-refractivity contribution in [1.29, 1.82) is 0 Å². The third-order valence-electron chi connectivity index (χ3n) is 3.36. The molecule has 0 atom stereocenters. The molecule has 0 saturated carbocycles. The molecule has 3 aromatic carbocycles. The van der Waals surface area contributed by atoms with Crippen molar-refractivity contribution in [1.82, 2.24) is 0 Å². The Morgan fingerprint density at radius 2 is 1.19 bits per heavy atom. The lowest BCUT2D eigenvalue weighted by Gasteiger charge is -2.09. The first-order valence-corrected chi connectivity index (χ1v) is 8.12. The van der Waals surface area contributed by atoms with Gasteiger partial charge in [-0.15, -0.1) is 0 Å². The van der Waals surface area contributed by atoms with Crippen LogP contribution in [0.4, 0.5) is 0 Å². The molecule has 21 heavy (non-hydrogen) atoms. The fraction of sp³-hybridized carbons (Fsp3) is 0.0526. The standard InChI is InChI=1S/C19H16OS/c1-15-14-18(12-13-19(15)20)21(16-8-4-2-5-9-16)17-10-6-3-7-11-17/h2-14H,1H3/p+1. The molecule has 0 saturated heterocycles. The minimum absolute atomic E-state index is 0.144. The van der Waals surface area contributed by atoms with E-state index in [1.54, 1.807) is 6.07 Å². The first kappa shape index (κ1) is 13.8. The molecule has 0 aliphatic rings. The van der Waals surface area contributed by atoms with Crippen molar-refractivity contribution in [3.63, 3.8) is 0 Å². The van der Waals surface area contributed by atoms with Crippen LogP contribution in [0.2, 0.25) is 0 Å². The number of aryl methyl sites for hydroxylation is 1. The van der Waals surface area contributed by atoms with Crippen LogP contribution < -0.4 is 0 Å². The lowest BCUT2D eigenvalue weighted by Crippen LogP contribution is -2.04. The van der Waals surface area contributed by atoms with E-state index in [0.29, 0.717) is 5.75 Å². The normalized spacial score (nSPS) is 10.8. The fourth-order valence-electron chi connectivity index (χ4n) is 2.28. The van der Waals surface area contributed by atoms with Gasteiger partial charge in [-0.1, -0.05) is 36.4 Å². The van der Waals surface area contributed by atoms with Crippen molar-refractivity contribution in [2.45, 2.75) is 21.6 Å². The Morgan fingerprint density at radius 1 is 0.667 bits per heavy atom. The second-order valence-corrected chi connectivity index (χ2v) is 6.91. The average Bonchev–Trinajstić information content (AvgIpc) is 2.53. The Labute approximate surface area is 128 Å². The minimum atomic E-state index is -0.144. The molecule has 0 aliphatic carbocycles. The molecule has 0 spiro atoms. The lowest BCUT2D eigenvalue weighted by atomic mass is 10.2. The van der Waals surface area contributed by atoms with Crippen LogP contribution >= 0.6 is 0 Å². The average molecular weight is 293 g/mol. The van der Waals surface area contributed by atoms with Gasteiger partial charge in [0, 0.05) is 6.07 Å². The van der Waals surface area contributed by atoms with Gasteiger partial charge in [-0.2, -0.15) is 0 Å². The van der Waals surface area contributed by atoms with Gasteiger partial charge in [-0.25, -0.2) is 0 Å². The topological polar surface area (TPSA) is 20.2 Å². The van der Waals surface area contributed by atoms with Crippen LogP contribution in [0.3, 0.4) is 0 Å². The Kier molecular flexibility index (Phi) is 3.98. The van der Waals surface area contributed by atoms with E-state index in [0.717, 1.165) is 5.56 Å². The molecule has 2 heteroatoms. The molecule has 0 radical (unpaired) electrons. The number of phenolic OH excluding ortho intramolecular Hbond substituents is 1. The van der Waals surface area contributed by atoms with Crippen LogP contribution in [0.25, 0.3) is 0 Å². The number of aromatic hydroxyl groups is 1. The Morgan fingerprint density at radius 3 is 1.67 bits per heavy atom. The van der Waals surface area contributed by atoms with Gasteiger partial charge in [-0.3, -0.25) is 0 Å². The van der Waals surface area contributed by atoms with Crippen molar-refractivity contribution in [3.8, 4) is 5.75 Å². The smallest absolute Gasteiger partial charge is 0.167 e. The summed E-state index contributed by atoms with van der Waals surface area (Å²) in [7, 11) is -0.144. The van der Waals surface area contributed by atoms with Crippen LogP contribution in [0.1, 0.15) is 5.56 Å². The summed E-state index contributed by atoms with van der Waals surface area (Å²) >= 11 is 0. The van der Waals surface area contributed by atoms with Crippen molar-refractivity contribution >= 4 is 10.9 Å². The zero-order valence-corrected chi connectivity index (χ0v) is 12.7. The van der Waals surface area contributed by atoms with E-state index in [9.17, 15) is 5.11 Å². The minimum Gasteiger partial charge on any atom is -0.508 e. The summed E-state index contributed by atoms with van der Waals surface area (Å²) in [6.07, 6.45) is 0. The third kappa shape index (κ3) is 2.96. The third-order valence-corrected chi connectivity index (χ3v) is 5.57. The van der Waals surface area contributed by atoms with Crippen molar-refractivity contribution in [3.05, 3.63) is 84.4 Å². The van der Waals surface area contributed by atoms with Gasteiger partial charge in [0.1, 0.15) is 5.75 Å². The van der Waals surface area contributed by atoms with Crippen LogP contribution in [0.5, 0.6) is 5.75 Å². The van der Waals surface area contributed by atoms with E-state index in [1.165, 1.54) is 14.7 Å². The summed E-state index contributed by atoms with van der Waals surface area (Å²) in [6.45, 7) is 1.94. The molecule has 0 aliphatic heterocycles. The Bertz CT molecular complexity index is 684. The van der Waals surface area contributed by atoms with E-state index in [4.69, 9.17) is 0 Å². The van der Waals surface area contributed by atoms with E-state index in [1.807, 2.05) is 25.1 Å². The number of hydrogen-bond donors (Lipinski definition) is 1. The van der Waals surface area contributed by atoms with Crippen LogP contribution in [0, 0.1) is 6.92 Å². The summed E-state index contributed by atoms with van der Waals surface area (Å²) in [5.41, 5.74) is 0.914. The van der Waals surface area contributed by atoms with E-state index >= 15 is 0 Å². The second-order valence-electron chi connectivity index (χ2n) is 4.88. The van der Waals surface area contributed by atoms with Gasteiger partial charge >= 0.3 is 0 Å². The number of phenols is 1. The molecule has 0 fully saturated rings. The SMILES string of the molecule is Cc1cc([S+](c2ccccc2)c2ccccc2)ccc1O. The molecule has 1 nitrogen and oxygen atoms in total. The van der Waals surface area contributed by atoms with E-state index < -0.39 is 0 Å². The quantitative estimate of drug-likeness (QED) is 0.688. The Hall–Kier alpha value is -2.19. The van der Waals surface area contributed by atoms with Gasteiger partial charge in [0.2, 0.25) is 0 Å². The highest BCUT2D eigenvalue weighted by Gasteiger charge is 2.28. The number of benzene rings is 3. The summed E-state index contributed by atoms with van der Waals surface area (Å²) in [5.74, 6) is 0.350. The molecule has 3 rings (SSSR count). The molecule has 0 aromatic heterocycles. The number of rotatable bonds is 3. The van der Waals surface area contributed by atoms with E-state index in [-0.39, 0.29) is 10.9 Å². The highest BCUT2D eigenvalue weighted by molar-refractivity contribution is 7.97. The Balaban J connectivity index is 2.14. The number of hydrogen-bond acceptors (Lipinski definition) is 1. The van der Waals surface area contributed by atoms with Crippen molar-refractivity contribution in [2.75, 3.05) is 0 Å². The molecule has 3 aromatic rings. The molecular weight excluding hydrogens is 276 g/mol. The van der Waals surface area contributed by atoms with Crippen LogP contribution in [0.15, 0.2) is 93.5 Å². The zero-order chi connectivity index (χ0) is 14.7. The maximum absolute atomic E-state index is 9.77. The van der Waals surface area contributed by atoms with E-state index in [2.05, 4.69) is 54.6 Å². The predicted octanol–water partition coefficient (Wildman–Crippen LogP) is 4.80. The van der Waals surface area contributed by atoms with Crippen LogP contribution in [-0.4, -0.2) is 5.11 Å². The monoisotopic (exact) mass is 293 g/mol. The predicted molar refractivity (Wildman–Crippen MR) is 87.9 cm³/mol. The summed E-state index contributed by atoms with van der Waals surface area (Å²) in [6, 6.07) is 26.9. The fourth-order valence-corrected chi connectivity index (χ4v) is 4.45. The molecular formula is C19H17OS+. The summed E-state index contributed by atoms with van der Waals surface area (Å²) < 4.78 is 0. The van der Waals surface area contributed by atoms with Gasteiger partial charge in [-0.05, 0) is 48.9 Å². The molecule has 1 N–H and O–H groups in total. The van der Waals surface area contributed by atoms with Gasteiger partial charge in [0.05, 0.1) is 10.9 Å². The largest absolute Gasteiger partial charge is 0.508 e. The molecule has 0 unspecified atom stereocenters. The highest BCUT2D eigenvalue weighted by Crippen LogP contribution is 2.32. The molecule has 0 bridgehead atoms. The van der Waals surface area contributed by atoms with Crippen LogP contribution in [-0.2, 0) is 10.9 Å². The highest BCUT2D eigenvalue weighted by atomic mass is 32.2. The first-order chi connectivity index (χ1) is 10.3. The van der Waals surface area contributed by atoms with Gasteiger partial charge in [0.25, 0.3) is 0 Å². The molecule has 104 valence electrons. The van der Waals surface area contributed by atoms with Crippen molar-refractivity contribution in [2.24, 2.45) is 0 Å². The summed E-state index contributed by atoms with van der Waals surface area (Å²) in [4.78, 5) is 3.80. The molecule has 0 heterocycles. The van der Waals surface area contributed by atoms with Gasteiger partial charge < -0.3 is 5.11 Å². The zero-order valence-electron chi connectivity index (χ0n) is 11.9. The van der Waals surface area contributed by atoms with Gasteiger partial charge in [0.15, 0.2) is 14.7 Å². The lowest BCUT2D eigenvalue weighted by molar-refractivity contribution is 0.470. The second kappa shape index (κ2) is 6.06. The molecule has 0 amide bonds. The van der Waals surface area contributed by atoms with Crippen molar-refractivity contribution < 1.29 is 5.11 Å². The summed E-state index contributed by atoms with van der Waals surface area (Å²) in [5, 5.41) is 9.77. The maximum atomic E-state index is 9.77. The maximum Gasteiger partial charge on any atom is 0.167 e.